The molecule has 0 fully saturated rings. The number of likely N-dealkylation sites (N-methyl/N-ethyl adjacent to an activating group) is 1. The van der Waals surface area contributed by atoms with Crippen molar-refractivity contribution in [3.63, 3.8) is 0 Å². The second-order valence-electron chi connectivity index (χ2n) is 4.76. The lowest BCUT2D eigenvalue weighted by Crippen LogP contribution is -2.40. The van der Waals surface area contributed by atoms with Crippen LogP contribution in [-0.2, 0) is 4.74 Å². The summed E-state index contributed by atoms with van der Waals surface area (Å²) in [6.07, 6.45) is 0. The van der Waals surface area contributed by atoms with E-state index in [4.69, 9.17) is 10.5 Å². The van der Waals surface area contributed by atoms with E-state index in [0.29, 0.717) is 6.61 Å². The van der Waals surface area contributed by atoms with Crippen LogP contribution in [0.15, 0.2) is 24.3 Å². The number of nitrogens with zero attached hydrogens (tertiary/aromatic N) is 1. The molecule has 2 amide bonds. The number of nitrogens with one attached hydrogen (secondary N) is 1. The van der Waals surface area contributed by atoms with Gasteiger partial charge in [0.2, 0.25) is 0 Å². The third-order valence-corrected chi connectivity index (χ3v) is 3.05. The molecule has 2 unspecified atom stereocenters. The number of benzene rings is 1. The van der Waals surface area contributed by atoms with Crippen molar-refractivity contribution >= 4 is 11.7 Å². The van der Waals surface area contributed by atoms with Crippen LogP contribution in [0.25, 0.3) is 0 Å². The molecule has 0 bridgehead atoms. The van der Waals surface area contributed by atoms with Gasteiger partial charge in [-0.1, -0.05) is 12.1 Å². The monoisotopic (exact) mass is 265 g/mol. The number of hydrogen-bond acceptors (Lipinski definition) is 3. The van der Waals surface area contributed by atoms with Crippen LogP contribution < -0.4 is 11.1 Å². The van der Waals surface area contributed by atoms with E-state index in [0.717, 1.165) is 11.3 Å². The zero-order valence-corrected chi connectivity index (χ0v) is 12.0. The summed E-state index contributed by atoms with van der Waals surface area (Å²) in [5.41, 5.74) is 7.56. The zero-order chi connectivity index (χ0) is 14.4. The van der Waals surface area contributed by atoms with E-state index >= 15 is 0 Å². The molecule has 1 aromatic rings. The molecule has 106 valence electrons. The average Bonchev–Trinajstić information content (AvgIpc) is 2.38. The van der Waals surface area contributed by atoms with Crippen molar-refractivity contribution in [2.45, 2.75) is 25.9 Å². The second kappa shape index (κ2) is 7.11. The Labute approximate surface area is 114 Å². The molecule has 0 aliphatic rings. The number of methoxy groups -OCH3 is 1. The summed E-state index contributed by atoms with van der Waals surface area (Å²) in [6, 6.07) is 7.36. The van der Waals surface area contributed by atoms with Gasteiger partial charge in [0.25, 0.3) is 0 Å². The lowest BCUT2D eigenvalue weighted by molar-refractivity contribution is 0.128. The third-order valence-electron chi connectivity index (χ3n) is 3.05. The van der Waals surface area contributed by atoms with E-state index in [1.54, 1.807) is 19.1 Å². The maximum Gasteiger partial charge on any atom is 0.321 e. The van der Waals surface area contributed by atoms with Crippen LogP contribution in [0.5, 0.6) is 0 Å². The van der Waals surface area contributed by atoms with Gasteiger partial charge < -0.3 is 20.7 Å². The molecule has 5 nitrogen and oxygen atoms in total. The lowest BCUT2D eigenvalue weighted by Gasteiger charge is -2.24. The number of carbonyl (C=O) groups excluding carboxylic acids is 1. The van der Waals surface area contributed by atoms with E-state index in [9.17, 15) is 4.79 Å². The van der Waals surface area contributed by atoms with Crippen LogP contribution in [0.3, 0.4) is 0 Å². The van der Waals surface area contributed by atoms with Gasteiger partial charge in [0.05, 0.1) is 12.6 Å². The average molecular weight is 265 g/mol. The molecule has 0 aromatic heterocycles. The number of rotatable bonds is 5. The highest BCUT2D eigenvalue weighted by Gasteiger charge is 2.15. The minimum atomic E-state index is -0.161. The van der Waals surface area contributed by atoms with Gasteiger partial charge in [0.1, 0.15) is 0 Å². The van der Waals surface area contributed by atoms with Crippen molar-refractivity contribution in [1.82, 2.24) is 4.90 Å². The molecule has 0 aliphatic heterocycles. The van der Waals surface area contributed by atoms with E-state index in [1.165, 1.54) is 0 Å². The molecule has 0 radical (unpaired) electrons. The molecular formula is C14H23N3O2. The van der Waals surface area contributed by atoms with Gasteiger partial charge >= 0.3 is 6.03 Å². The fourth-order valence-electron chi connectivity index (χ4n) is 1.66. The normalized spacial score (nSPS) is 13.7. The first kappa shape index (κ1) is 15.5. The Hall–Kier alpha value is -1.59. The lowest BCUT2D eigenvalue weighted by atomic mass is 10.1. The Morgan fingerprint density at radius 1 is 1.47 bits per heavy atom. The van der Waals surface area contributed by atoms with E-state index in [2.05, 4.69) is 5.32 Å². The van der Waals surface area contributed by atoms with Gasteiger partial charge in [-0.05, 0) is 31.5 Å². The van der Waals surface area contributed by atoms with Gasteiger partial charge in [0, 0.05) is 25.9 Å². The minimum Gasteiger partial charge on any atom is -0.383 e. The Kier molecular flexibility index (Phi) is 5.79. The molecule has 2 atom stereocenters. The SMILES string of the molecule is COCC(C)N(C)C(=O)Nc1cccc(C(C)N)c1. The number of carbonyl (C=O) groups is 1. The van der Waals surface area contributed by atoms with Gasteiger partial charge in [-0.3, -0.25) is 0 Å². The summed E-state index contributed by atoms with van der Waals surface area (Å²) >= 11 is 0. The number of hydrogen-bond donors (Lipinski definition) is 2. The van der Waals surface area contributed by atoms with Crippen LogP contribution in [0, 0.1) is 0 Å². The van der Waals surface area contributed by atoms with E-state index < -0.39 is 0 Å². The smallest absolute Gasteiger partial charge is 0.321 e. The Balaban J connectivity index is 2.68. The summed E-state index contributed by atoms with van der Waals surface area (Å²) in [5.74, 6) is 0. The topological polar surface area (TPSA) is 67.6 Å². The molecule has 3 N–H and O–H groups in total. The first-order chi connectivity index (χ1) is 8.95. The zero-order valence-electron chi connectivity index (χ0n) is 12.0. The molecular weight excluding hydrogens is 242 g/mol. The molecule has 0 spiro atoms. The number of ether oxygens (including phenoxy) is 1. The van der Waals surface area contributed by atoms with Gasteiger partial charge in [-0.15, -0.1) is 0 Å². The summed E-state index contributed by atoms with van der Waals surface area (Å²) in [4.78, 5) is 13.7. The fraction of sp³-hybridized carbons (Fsp3) is 0.500. The largest absolute Gasteiger partial charge is 0.383 e. The highest BCUT2D eigenvalue weighted by molar-refractivity contribution is 5.89. The highest BCUT2D eigenvalue weighted by Crippen LogP contribution is 2.16. The van der Waals surface area contributed by atoms with Crippen molar-refractivity contribution in [2.75, 3.05) is 26.1 Å². The van der Waals surface area contributed by atoms with Crippen molar-refractivity contribution in [2.24, 2.45) is 5.73 Å². The molecule has 19 heavy (non-hydrogen) atoms. The maximum atomic E-state index is 12.0. The molecule has 0 saturated carbocycles. The van der Waals surface area contributed by atoms with Crippen molar-refractivity contribution in [3.8, 4) is 0 Å². The van der Waals surface area contributed by atoms with Crippen LogP contribution >= 0.6 is 0 Å². The fourth-order valence-corrected chi connectivity index (χ4v) is 1.66. The van der Waals surface area contributed by atoms with Gasteiger partial charge in [-0.2, -0.15) is 0 Å². The molecule has 0 saturated heterocycles. The molecule has 1 aromatic carbocycles. The second-order valence-corrected chi connectivity index (χ2v) is 4.76. The number of amides is 2. The maximum absolute atomic E-state index is 12.0. The first-order valence-corrected chi connectivity index (χ1v) is 6.34. The van der Waals surface area contributed by atoms with Crippen LogP contribution in [0.4, 0.5) is 10.5 Å². The number of anilines is 1. The Morgan fingerprint density at radius 2 is 2.16 bits per heavy atom. The minimum absolute atomic E-state index is 0.0154. The first-order valence-electron chi connectivity index (χ1n) is 6.34. The Bertz CT molecular complexity index is 421. The van der Waals surface area contributed by atoms with E-state index in [1.807, 2.05) is 38.1 Å². The van der Waals surface area contributed by atoms with Crippen LogP contribution in [0.2, 0.25) is 0 Å². The van der Waals surface area contributed by atoms with Crippen molar-refractivity contribution in [3.05, 3.63) is 29.8 Å². The summed E-state index contributed by atoms with van der Waals surface area (Å²) in [5, 5.41) is 2.85. The van der Waals surface area contributed by atoms with Gasteiger partial charge in [0.15, 0.2) is 0 Å². The highest BCUT2D eigenvalue weighted by atomic mass is 16.5. The molecule has 0 heterocycles. The summed E-state index contributed by atoms with van der Waals surface area (Å²) in [7, 11) is 3.36. The van der Waals surface area contributed by atoms with Crippen molar-refractivity contribution < 1.29 is 9.53 Å². The standard InChI is InChI=1S/C14H23N3O2/c1-10(9-19-4)17(3)14(18)16-13-7-5-6-12(8-13)11(2)15/h5-8,10-11H,9,15H2,1-4H3,(H,16,18). The predicted molar refractivity (Wildman–Crippen MR) is 77.2 cm³/mol. The number of nitrogens with two attached hydrogens (primary N) is 1. The van der Waals surface area contributed by atoms with Crippen molar-refractivity contribution in [1.29, 1.82) is 0 Å². The quantitative estimate of drug-likeness (QED) is 0.857. The number of urea groups is 1. The molecule has 0 aliphatic carbocycles. The van der Waals surface area contributed by atoms with Crippen LogP contribution in [0.1, 0.15) is 25.5 Å². The van der Waals surface area contributed by atoms with Crippen LogP contribution in [-0.4, -0.2) is 37.7 Å². The van der Waals surface area contributed by atoms with Gasteiger partial charge in [-0.25, -0.2) is 4.79 Å². The molecule has 5 heteroatoms. The summed E-state index contributed by atoms with van der Waals surface area (Å²) < 4.78 is 5.04. The summed E-state index contributed by atoms with van der Waals surface area (Å²) in [6.45, 7) is 4.35. The molecule has 1 rings (SSSR count). The Morgan fingerprint density at radius 3 is 2.74 bits per heavy atom. The third kappa shape index (κ3) is 4.54. The predicted octanol–water partition coefficient (Wildman–Crippen LogP) is 2.20. The van der Waals surface area contributed by atoms with E-state index in [-0.39, 0.29) is 18.1 Å².